The van der Waals surface area contributed by atoms with E-state index in [9.17, 15) is 4.79 Å². The number of unbranched alkanes of at least 4 members (excludes halogenated alkanes) is 6. The summed E-state index contributed by atoms with van der Waals surface area (Å²) < 4.78 is 32.3. The second-order valence-corrected chi connectivity index (χ2v) is 7.15. The molecule has 0 aliphatic heterocycles. The lowest BCUT2D eigenvalue weighted by Gasteiger charge is -2.08. The number of hydrogen-bond acceptors (Lipinski definition) is 7. The third-order valence-corrected chi connectivity index (χ3v) is 4.36. The molecule has 0 N–H and O–H groups in total. The van der Waals surface area contributed by atoms with E-state index in [4.69, 9.17) is 28.4 Å². The minimum atomic E-state index is -0.137. The zero-order chi connectivity index (χ0) is 22.0. The molecule has 0 aromatic rings. The first-order valence-corrected chi connectivity index (χ1v) is 11.9. The van der Waals surface area contributed by atoms with E-state index in [2.05, 4.69) is 13.8 Å². The van der Waals surface area contributed by atoms with Crippen LogP contribution < -0.4 is 0 Å². The van der Waals surface area contributed by atoms with Crippen LogP contribution in [0, 0.1) is 0 Å². The van der Waals surface area contributed by atoms with Crippen LogP contribution in [0.3, 0.4) is 0 Å². The van der Waals surface area contributed by atoms with Gasteiger partial charge in [0.25, 0.3) is 0 Å². The Morgan fingerprint density at radius 1 is 0.467 bits per heavy atom. The lowest BCUT2D eigenvalue weighted by atomic mass is 10.2. The molecule has 0 bridgehead atoms. The highest BCUT2D eigenvalue weighted by atomic mass is 16.6. The second kappa shape index (κ2) is 26.3. The molecule has 0 spiro atoms. The minimum absolute atomic E-state index is 0.137. The highest BCUT2D eigenvalue weighted by molar-refractivity contribution is 5.69. The summed E-state index contributed by atoms with van der Waals surface area (Å²) in [5.74, 6) is -0.137. The monoisotopic (exact) mass is 434 g/mol. The van der Waals surface area contributed by atoms with Crippen molar-refractivity contribution in [3.8, 4) is 0 Å². The normalized spacial score (nSPS) is 11.1. The Hall–Kier alpha value is -0.730. The van der Waals surface area contributed by atoms with Crippen LogP contribution in [0.5, 0.6) is 0 Å². The third kappa shape index (κ3) is 25.3. The van der Waals surface area contributed by atoms with E-state index < -0.39 is 0 Å². The molecule has 0 rings (SSSR count). The Labute approximate surface area is 184 Å². The van der Waals surface area contributed by atoms with Crippen molar-refractivity contribution in [3.63, 3.8) is 0 Å². The summed E-state index contributed by atoms with van der Waals surface area (Å²) >= 11 is 0. The smallest absolute Gasteiger partial charge is 0.305 e. The number of ether oxygens (including phenoxy) is 6. The van der Waals surface area contributed by atoms with Gasteiger partial charge in [-0.25, -0.2) is 0 Å². The lowest BCUT2D eigenvalue weighted by molar-refractivity contribution is -0.145. The summed E-state index contributed by atoms with van der Waals surface area (Å²) in [4.78, 5) is 11.5. The fourth-order valence-corrected chi connectivity index (χ4v) is 2.60. The summed E-state index contributed by atoms with van der Waals surface area (Å²) in [6.45, 7) is 10.3. The average Bonchev–Trinajstić information content (AvgIpc) is 2.75. The molecule has 0 unspecified atom stereocenters. The van der Waals surface area contributed by atoms with Crippen molar-refractivity contribution >= 4 is 5.97 Å². The minimum Gasteiger partial charge on any atom is -0.463 e. The first-order valence-electron chi connectivity index (χ1n) is 11.9. The van der Waals surface area contributed by atoms with Gasteiger partial charge in [-0.1, -0.05) is 52.4 Å². The van der Waals surface area contributed by atoms with Gasteiger partial charge >= 0.3 is 5.97 Å². The molecule has 0 radical (unpaired) electrons. The predicted molar refractivity (Wildman–Crippen MR) is 118 cm³/mol. The number of carbonyl (C=O) groups is 1. The number of carbonyl (C=O) groups excluding carboxylic acids is 1. The summed E-state index contributed by atoms with van der Waals surface area (Å²) in [5.41, 5.74) is 0. The van der Waals surface area contributed by atoms with Gasteiger partial charge in [-0.3, -0.25) is 4.79 Å². The molecule has 0 amide bonds. The third-order valence-electron chi connectivity index (χ3n) is 4.36. The molecule has 7 nitrogen and oxygen atoms in total. The molecular formula is C23H46O7. The van der Waals surface area contributed by atoms with E-state index in [1.807, 2.05) is 0 Å². The summed E-state index contributed by atoms with van der Waals surface area (Å²) in [7, 11) is 0. The van der Waals surface area contributed by atoms with Crippen molar-refractivity contribution in [3.05, 3.63) is 0 Å². The van der Waals surface area contributed by atoms with E-state index in [0.29, 0.717) is 72.5 Å². The fourth-order valence-electron chi connectivity index (χ4n) is 2.60. The first kappa shape index (κ1) is 29.3. The van der Waals surface area contributed by atoms with Crippen LogP contribution in [0.15, 0.2) is 0 Å². The van der Waals surface area contributed by atoms with Crippen LogP contribution in [-0.4, -0.2) is 78.6 Å². The maximum atomic E-state index is 11.5. The van der Waals surface area contributed by atoms with Gasteiger partial charge in [0.15, 0.2) is 0 Å². The maximum absolute atomic E-state index is 11.5. The van der Waals surface area contributed by atoms with Crippen molar-refractivity contribution in [1.82, 2.24) is 0 Å². The van der Waals surface area contributed by atoms with E-state index in [-0.39, 0.29) is 5.97 Å². The zero-order valence-corrected chi connectivity index (χ0v) is 19.5. The number of esters is 1. The Balaban J connectivity index is 3.07. The predicted octanol–water partition coefficient (Wildman–Crippen LogP) is 4.16. The van der Waals surface area contributed by atoms with Gasteiger partial charge in [0, 0.05) is 13.0 Å². The van der Waals surface area contributed by atoms with Gasteiger partial charge in [-0.15, -0.1) is 0 Å². The largest absolute Gasteiger partial charge is 0.463 e. The van der Waals surface area contributed by atoms with Crippen molar-refractivity contribution < 1.29 is 33.2 Å². The van der Waals surface area contributed by atoms with Gasteiger partial charge in [0.05, 0.1) is 59.5 Å². The van der Waals surface area contributed by atoms with Crippen LogP contribution in [-0.2, 0) is 33.2 Å². The Morgan fingerprint density at radius 2 is 0.867 bits per heavy atom. The summed E-state index contributed by atoms with van der Waals surface area (Å²) in [5, 5.41) is 0. The molecular weight excluding hydrogens is 388 g/mol. The average molecular weight is 435 g/mol. The molecule has 0 aromatic heterocycles. The molecule has 0 aromatic carbocycles. The molecule has 0 atom stereocenters. The van der Waals surface area contributed by atoms with Crippen LogP contribution in [0.4, 0.5) is 0 Å². The molecule has 0 saturated heterocycles. The summed E-state index contributed by atoms with van der Waals surface area (Å²) in [6, 6.07) is 0. The number of rotatable bonds is 25. The maximum Gasteiger partial charge on any atom is 0.305 e. The van der Waals surface area contributed by atoms with Crippen molar-refractivity contribution in [2.75, 3.05) is 72.7 Å². The molecule has 0 aliphatic rings. The molecule has 0 aliphatic carbocycles. The van der Waals surface area contributed by atoms with E-state index >= 15 is 0 Å². The number of hydrogen-bond donors (Lipinski definition) is 0. The van der Waals surface area contributed by atoms with E-state index in [0.717, 1.165) is 25.9 Å². The van der Waals surface area contributed by atoms with Crippen LogP contribution in [0.25, 0.3) is 0 Å². The fraction of sp³-hybridized carbons (Fsp3) is 0.957. The highest BCUT2D eigenvalue weighted by Crippen LogP contribution is 2.03. The quantitative estimate of drug-likeness (QED) is 0.158. The molecule has 30 heavy (non-hydrogen) atoms. The SMILES string of the molecule is CCCCCCOCCOCCOCCOCCOCCOC(=O)CCCCCC. The van der Waals surface area contributed by atoms with Gasteiger partial charge in [-0.05, 0) is 12.8 Å². The highest BCUT2D eigenvalue weighted by Gasteiger charge is 2.02. The molecule has 7 heteroatoms. The van der Waals surface area contributed by atoms with Crippen LogP contribution >= 0.6 is 0 Å². The van der Waals surface area contributed by atoms with Crippen molar-refractivity contribution in [2.45, 2.75) is 71.6 Å². The first-order chi connectivity index (χ1) is 14.8. The summed E-state index contributed by atoms with van der Waals surface area (Å²) in [6.07, 6.45) is 9.74. The van der Waals surface area contributed by atoms with Gasteiger partial charge in [0.2, 0.25) is 0 Å². The molecule has 180 valence electrons. The Kier molecular flexibility index (Phi) is 25.7. The standard InChI is InChI=1S/C23H46O7/c1-3-5-7-9-11-23(24)30-22-21-29-20-19-28-18-17-27-16-15-26-14-13-25-12-10-8-6-4-2/h3-22H2,1-2H3. The lowest BCUT2D eigenvalue weighted by Crippen LogP contribution is -2.15. The Morgan fingerprint density at radius 3 is 1.33 bits per heavy atom. The zero-order valence-electron chi connectivity index (χ0n) is 19.5. The van der Waals surface area contributed by atoms with Crippen molar-refractivity contribution in [1.29, 1.82) is 0 Å². The second-order valence-electron chi connectivity index (χ2n) is 7.15. The van der Waals surface area contributed by atoms with Gasteiger partial charge in [-0.2, -0.15) is 0 Å². The molecule has 0 saturated carbocycles. The molecule has 0 heterocycles. The van der Waals surface area contributed by atoms with Crippen molar-refractivity contribution in [2.24, 2.45) is 0 Å². The Bertz CT molecular complexity index is 340. The van der Waals surface area contributed by atoms with Gasteiger partial charge < -0.3 is 28.4 Å². The van der Waals surface area contributed by atoms with E-state index in [1.54, 1.807) is 0 Å². The van der Waals surface area contributed by atoms with Crippen LogP contribution in [0.1, 0.15) is 71.6 Å². The molecule has 0 fully saturated rings. The topological polar surface area (TPSA) is 72.5 Å². The van der Waals surface area contributed by atoms with Gasteiger partial charge in [0.1, 0.15) is 6.61 Å². The van der Waals surface area contributed by atoms with Crippen LogP contribution in [0.2, 0.25) is 0 Å². The van der Waals surface area contributed by atoms with E-state index in [1.165, 1.54) is 32.1 Å².